The minimum atomic E-state index is -0.165. The zero-order valence-corrected chi connectivity index (χ0v) is 12.8. The van der Waals surface area contributed by atoms with E-state index in [0.717, 1.165) is 13.1 Å². The SMILES string of the molecule is Cc1cc(CNCC(C)(C)C(C)(C)N)sc1C. The van der Waals surface area contributed by atoms with E-state index in [1.165, 1.54) is 15.3 Å². The molecular formula is C14H26N2S. The molecule has 3 heteroatoms. The topological polar surface area (TPSA) is 38.0 Å². The van der Waals surface area contributed by atoms with E-state index in [2.05, 4.69) is 52.9 Å². The predicted molar refractivity (Wildman–Crippen MR) is 77.5 cm³/mol. The Morgan fingerprint density at radius 3 is 2.24 bits per heavy atom. The van der Waals surface area contributed by atoms with Crippen molar-refractivity contribution in [3.63, 3.8) is 0 Å². The van der Waals surface area contributed by atoms with Gasteiger partial charge >= 0.3 is 0 Å². The number of thiophene rings is 1. The molecule has 0 atom stereocenters. The van der Waals surface area contributed by atoms with Crippen LogP contribution < -0.4 is 11.1 Å². The second-order valence-corrected chi connectivity index (χ2v) is 7.50. The molecule has 0 aliphatic rings. The van der Waals surface area contributed by atoms with E-state index in [4.69, 9.17) is 5.73 Å². The molecule has 0 radical (unpaired) electrons. The van der Waals surface area contributed by atoms with Crippen molar-refractivity contribution in [2.24, 2.45) is 11.1 Å². The van der Waals surface area contributed by atoms with Gasteiger partial charge in [0.25, 0.3) is 0 Å². The second kappa shape index (κ2) is 5.09. The molecule has 0 fully saturated rings. The van der Waals surface area contributed by atoms with Gasteiger partial charge in [-0.2, -0.15) is 0 Å². The van der Waals surface area contributed by atoms with Gasteiger partial charge in [-0.05, 0) is 44.7 Å². The van der Waals surface area contributed by atoms with Gasteiger partial charge in [0.2, 0.25) is 0 Å². The van der Waals surface area contributed by atoms with Gasteiger partial charge in [0.1, 0.15) is 0 Å². The molecule has 1 aromatic heterocycles. The van der Waals surface area contributed by atoms with Crippen LogP contribution >= 0.6 is 11.3 Å². The first-order valence-electron chi connectivity index (χ1n) is 6.19. The number of hydrogen-bond acceptors (Lipinski definition) is 3. The van der Waals surface area contributed by atoms with Crippen molar-refractivity contribution in [3.8, 4) is 0 Å². The van der Waals surface area contributed by atoms with E-state index in [0.29, 0.717) is 0 Å². The third-order valence-corrected chi connectivity index (χ3v) is 4.98. The maximum Gasteiger partial charge on any atom is 0.0300 e. The van der Waals surface area contributed by atoms with Crippen LogP contribution in [-0.2, 0) is 6.54 Å². The molecule has 0 aromatic carbocycles. The van der Waals surface area contributed by atoms with E-state index >= 15 is 0 Å². The average Bonchev–Trinajstić information content (AvgIpc) is 2.44. The van der Waals surface area contributed by atoms with E-state index in [1.807, 2.05) is 11.3 Å². The summed E-state index contributed by atoms with van der Waals surface area (Å²) in [6.45, 7) is 14.8. The zero-order valence-electron chi connectivity index (χ0n) is 12.0. The highest BCUT2D eigenvalue weighted by Crippen LogP contribution is 2.27. The number of aryl methyl sites for hydroxylation is 2. The van der Waals surface area contributed by atoms with E-state index in [-0.39, 0.29) is 11.0 Å². The number of nitrogens with two attached hydrogens (primary N) is 1. The highest BCUT2D eigenvalue weighted by atomic mass is 32.1. The molecule has 0 aliphatic heterocycles. The van der Waals surface area contributed by atoms with Crippen LogP contribution in [0, 0.1) is 19.3 Å². The molecule has 0 saturated carbocycles. The second-order valence-electron chi connectivity index (χ2n) is 6.16. The summed E-state index contributed by atoms with van der Waals surface area (Å²) >= 11 is 1.88. The Balaban J connectivity index is 2.48. The largest absolute Gasteiger partial charge is 0.325 e. The molecule has 0 aliphatic carbocycles. The quantitative estimate of drug-likeness (QED) is 0.846. The molecule has 17 heavy (non-hydrogen) atoms. The van der Waals surface area contributed by atoms with Crippen LogP contribution in [-0.4, -0.2) is 12.1 Å². The first-order valence-corrected chi connectivity index (χ1v) is 7.00. The molecule has 1 heterocycles. The lowest BCUT2D eigenvalue weighted by Gasteiger charge is -2.38. The molecule has 1 aromatic rings. The van der Waals surface area contributed by atoms with E-state index < -0.39 is 0 Å². The average molecular weight is 254 g/mol. The monoisotopic (exact) mass is 254 g/mol. The zero-order chi connectivity index (χ0) is 13.3. The highest BCUT2D eigenvalue weighted by molar-refractivity contribution is 7.12. The molecule has 0 spiro atoms. The fourth-order valence-corrected chi connectivity index (χ4v) is 2.49. The fourth-order valence-electron chi connectivity index (χ4n) is 1.46. The van der Waals surface area contributed by atoms with Crippen LogP contribution in [0.15, 0.2) is 6.07 Å². The molecule has 0 amide bonds. The number of nitrogens with one attached hydrogen (secondary N) is 1. The van der Waals surface area contributed by atoms with Crippen molar-refractivity contribution in [2.45, 2.75) is 53.6 Å². The summed E-state index contributed by atoms with van der Waals surface area (Å²) in [6, 6.07) is 2.27. The van der Waals surface area contributed by atoms with E-state index in [1.54, 1.807) is 0 Å². The Hall–Kier alpha value is -0.380. The minimum Gasteiger partial charge on any atom is -0.325 e. The maximum atomic E-state index is 6.18. The molecule has 0 unspecified atom stereocenters. The van der Waals surface area contributed by atoms with Crippen LogP contribution in [0.2, 0.25) is 0 Å². The van der Waals surface area contributed by atoms with Gasteiger partial charge in [0.05, 0.1) is 0 Å². The Kier molecular flexibility index (Phi) is 4.39. The fraction of sp³-hybridized carbons (Fsp3) is 0.714. The minimum absolute atomic E-state index is 0.0916. The van der Waals surface area contributed by atoms with Gasteiger partial charge in [0, 0.05) is 28.4 Å². The highest BCUT2D eigenvalue weighted by Gasteiger charge is 2.32. The maximum absolute atomic E-state index is 6.18. The van der Waals surface area contributed by atoms with Crippen LogP contribution in [0.5, 0.6) is 0 Å². The van der Waals surface area contributed by atoms with Crippen LogP contribution in [0.25, 0.3) is 0 Å². The summed E-state index contributed by atoms with van der Waals surface area (Å²) in [5, 5.41) is 3.52. The lowest BCUT2D eigenvalue weighted by Crippen LogP contribution is -2.52. The Morgan fingerprint density at radius 2 is 1.82 bits per heavy atom. The Bertz CT molecular complexity index is 353. The molecular weight excluding hydrogens is 228 g/mol. The van der Waals surface area contributed by atoms with Gasteiger partial charge in [-0.1, -0.05) is 13.8 Å². The lowest BCUT2D eigenvalue weighted by molar-refractivity contribution is 0.195. The van der Waals surface area contributed by atoms with Crippen molar-refractivity contribution in [1.29, 1.82) is 0 Å². The van der Waals surface area contributed by atoms with Crippen molar-refractivity contribution in [1.82, 2.24) is 5.32 Å². The third-order valence-electron chi connectivity index (χ3n) is 3.83. The molecule has 0 saturated heterocycles. The third kappa shape index (κ3) is 3.80. The van der Waals surface area contributed by atoms with Gasteiger partial charge in [-0.15, -0.1) is 11.3 Å². The molecule has 1 rings (SSSR count). The van der Waals surface area contributed by atoms with Crippen molar-refractivity contribution in [2.75, 3.05) is 6.54 Å². The standard InChI is InChI=1S/C14H26N2S/c1-10-7-12(17-11(10)2)8-16-9-13(3,4)14(5,6)15/h7,16H,8-9,15H2,1-6H3. The lowest BCUT2D eigenvalue weighted by atomic mass is 9.75. The van der Waals surface area contributed by atoms with Crippen molar-refractivity contribution >= 4 is 11.3 Å². The molecule has 3 N–H and O–H groups in total. The van der Waals surface area contributed by atoms with Crippen LogP contribution in [0.3, 0.4) is 0 Å². The van der Waals surface area contributed by atoms with Gasteiger partial charge in [0.15, 0.2) is 0 Å². The molecule has 0 bridgehead atoms. The summed E-state index contributed by atoms with van der Waals surface area (Å²) in [7, 11) is 0. The first-order chi connectivity index (χ1) is 7.63. The smallest absolute Gasteiger partial charge is 0.0300 e. The normalized spacial score (nSPS) is 13.1. The van der Waals surface area contributed by atoms with Gasteiger partial charge in [-0.3, -0.25) is 0 Å². The molecule has 2 nitrogen and oxygen atoms in total. The summed E-state index contributed by atoms with van der Waals surface area (Å²) in [5.74, 6) is 0. The molecule has 98 valence electrons. The Labute approximate surface area is 110 Å². The summed E-state index contributed by atoms with van der Waals surface area (Å²) in [4.78, 5) is 2.82. The van der Waals surface area contributed by atoms with Crippen molar-refractivity contribution < 1.29 is 0 Å². The van der Waals surface area contributed by atoms with Crippen molar-refractivity contribution in [3.05, 3.63) is 21.4 Å². The Morgan fingerprint density at radius 1 is 1.24 bits per heavy atom. The summed E-state index contributed by atoms with van der Waals surface area (Å²) in [6.07, 6.45) is 0. The van der Waals surface area contributed by atoms with Crippen LogP contribution in [0.1, 0.15) is 43.0 Å². The van der Waals surface area contributed by atoms with Gasteiger partial charge in [-0.25, -0.2) is 0 Å². The van der Waals surface area contributed by atoms with Gasteiger partial charge < -0.3 is 11.1 Å². The van der Waals surface area contributed by atoms with E-state index in [9.17, 15) is 0 Å². The summed E-state index contributed by atoms with van der Waals surface area (Å²) in [5.41, 5.74) is 7.50. The summed E-state index contributed by atoms with van der Waals surface area (Å²) < 4.78 is 0. The van der Waals surface area contributed by atoms with Crippen LogP contribution in [0.4, 0.5) is 0 Å². The number of rotatable bonds is 5. The first kappa shape index (κ1) is 14.7. The number of hydrogen-bond donors (Lipinski definition) is 2. The predicted octanol–water partition coefficient (Wildman–Crippen LogP) is 3.22.